The third-order valence-corrected chi connectivity index (χ3v) is 4.98. The van der Waals surface area contributed by atoms with Crippen molar-refractivity contribution in [1.82, 2.24) is 14.7 Å². The van der Waals surface area contributed by atoms with Crippen LogP contribution in [0.3, 0.4) is 0 Å². The van der Waals surface area contributed by atoms with Crippen LogP contribution in [0, 0.1) is 0 Å². The van der Waals surface area contributed by atoms with Gasteiger partial charge in [0.25, 0.3) is 17.7 Å². The number of methoxy groups -OCH3 is 1. The summed E-state index contributed by atoms with van der Waals surface area (Å²) in [5.74, 6) is -0.360. The van der Waals surface area contributed by atoms with E-state index in [1.807, 2.05) is 24.3 Å². The molecular weight excluding hydrogens is 384 g/mol. The topological polar surface area (TPSA) is 93.5 Å². The summed E-state index contributed by atoms with van der Waals surface area (Å²) in [7, 11) is 3.34. The van der Waals surface area contributed by atoms with Gasteiger partial charge < -0.3 is 10.1 Å². The summed E-state index contributed by atoms with van der Waals surface area (Å²) in [6.07, 6.45) is 3.73. The number of nitrogens with one attached hydrogen (secondary N) is 1. The molecule has 0 fully saturated rings. The Labute approximate surface area is 173 Å². The number of hydrogen-bond donors (Lipinski definition) is 1. The van der Waals surface area contributed by atoms with Crippen molar-refractivity contribution in [2.75, 3.05) is 19.0 Å². The van der Waals surface area contributed by atoms with E-state index in [-0.39, 0.29) is 29.8 Å². The van der Waals surface area contributed by atoms with Gasteiger partial charge in [-0.15, -0.1) is 0 Å². The Hall–Kier alpha value is -3.94. The standard InChI is InChI=1S/C22H20N4O4/c1-25-13-16(12-23-25)24-20(27)15-5-8-18-19(11-15)22(29)26(21(18)28)10-9-14-3-6-17(30-2)7-4-14/h3-8,11-13H,9-10H2,1-2H3,(H,24,27). The van der Waals surface area contributed by atoms with Gasteiger partial charge in [-0.1, -0.05) is 12.1 Å². The van der Waals surface area contributed by atoms with E-state index >= 15 is 0 Å². The Kier molecular flexibility index (Phi) is 5.05. The maximum Gasteiger partial charge on any atom is 0.261 e. The lowest BCUT2D eigenvalue weighted by atomic mass is 10.1. The lowest BCUT2D eigenvalue weighted by molar-refractivity contribution is 0.0656. The number of nitrogens with zero attached hydrogens (tertiary/aromatic N) is 3. The number of carbonyl (C=O) groups excluding carboxylic acids is 3. The molecule has 1 aliphatic rings. The number of ether oxygens (including phenoxy) is 1. The molecule has 1 N–H and O–H groups in total. The van der Waals surface area contributed by atoms with Crippen LogP contribution < -0.4 is 10.1 Å². The number of hydrogen-bond acceptors (Lipinski definition) is 5. The first-order valence-corrected chi connectivity index (χ1v) is 9.39. The fourth-order valence-electron chi connectivity index (χ4n) is 3.36. The normalized spacial score (nSPS) is 12.8. The molecule has 4 rings (SSSR count). The van der Waals surface area contributed by atoms with Crippen LogP contribution in [0.25, 0.3) is 0 Å². The molecule has 0 unspecified atom stereocenters. The van der Waals surface area contributed by atoms with E-state index in [0.717, 1.165) is 11.3 Å². The van der Waals surface area contributed by atoms with Gasteiger partial charge in [0.15, 0.2) is 0 Å². The molecule has 1 aromatic heterocycles. The average Bonchev–Trinajstić information content (AvgIpc) is 3.27. The van der Waals surface area contributed by atoms with E-state index in [0.29, 0.717) is 23.2 Å². The molecular formula is C22H20N4O4. The highest BCUT2D eigenvalue weighted by Gasteiger charge is 2.35. The van der Waals surface area contributed by atoms with E-state index in [1.165, 1.54) is 23.2 Å². The van der Waals surface area contributed by atoms with Crippen LogP contribution >= 0.6 is 0 Å². The van der Waals surface area contributed by atoms with Crippen molar-refractivity contribution in [2.45, 2.75) is 6.42 Å². The summed E-state index contributed by atoms with van der Waals surface area (Å²) >= 11 is 0. The third-order valence-electron chi connectivity index (χ3n) is 4.98. The molecule has 3 aromatic rings. The first-order valence-electron chi connectivity index (χ1n) is 9.39. The van der Waals surface area contributed by atoms with Gasteiger partial charge in [-0.3, -0.25) is 24.0 Å². The number of aryl methyl sites for hydroxylation is 1. The molecule has 0 saturated heterocycles. The summed E-state index contributed by atoms with van der Waals surface area (Å²) in [5, 5.41) is 6.72. The number of carbonyl (C=O) groups is 3. The fourth-order valence-corrected chi connectivity index (χ4v) is 3.36. The molecule has 0 saturated carbocycles. The Balaban J connectivity index is 1.47. The van der Waals surface area contributed by atoms with Gasteiger partial charge in [-0.25, -0.2) is 0 Å². The van der Waals surface area contributed by atoms with Crippen LogP contribution in [-0.2, 0) is 13.5 Å². The zero-order chi connectivity index (χ0) is 21.3. The van der Waals surface area contributed by atoms with Crippen molar-refractivity contribution in [3.63, 3.8) is 0 Å². The van der Waals surface area contributed by atoms with Gasteiger partial charge in [0, 0.05) is 25.4 Å². The minimum Gasteiger partial charge on any atom is -0.497 e. The van der Waals surface area contributed by atoms with E-state index in [2.05, 4.69) is 10.4 Å². The second kappa shape index (κ2) is 7.82. The molecule has 8 nitrogen and oxygen atoms in total. The summed E-state index contributed by atoms with van der Waals surface area (Å²) < 4.78 is 6.71. The molecule has 152 valence electrons. The summed E-state index contributed by atoms with van der Waals surface area (Å²) in [6.45, 7) is 0.260. The molecule has 0 atom stereocenters. The fraction of sp³-hybridized carbons (Fsp3) is 0.182. The van der Waals surface area contributed by atoms with Crippen LogP contribution in [0.2, 0.25) is 0 Å². The van der Waals surface area contributed by atoms with E-state index in [4.69, 9.17) is 4.74 Å². The Morgan fingerprint density at radius 2 is 1.80 bits per heavy atom. The van der Waals surface area contributed by atoms with Crippen molar-refractivity contribution in [3.05, 3.63) is 77.1 Å². The second-order valence-electron chi connectivity index (χ2n) is 6.98. The zero-order valence-electron chi connectivity index (χ0n) is 16.6. The Morgan fingerprint density at radius 1 is 1.07 bits per heavy atom. The highest BCUT2D eigenvalue weighted by molar-refractivity contribution is 6.22. The van der Waals surface area contributed by atoms with Crippen LogP contribution in [0.15, 0.2) is 54.9 Å². The molecule has 0 aliphatic carbocycles. The smallest absolute Gasteiger partial charge is 0.261 e. The molecule has 0 bridgehead atoms. The molecule has 2 aromatic carbocycles. The Morgan fingerprint density at radius 3 is 2.47 bits per heavy atom. The number of anilines is 1. The van der Waals surface area contributed by atoms with Crippen molar-refractivity contribution >= 4 is 23.4 Å². The number of benzene rings is 2. The average molecular weight is 404 g/mol. The summed E-state index contributed by atoms with van der Waals surface area (Å²) in [5.41, 5.74) is 2.40. The van der Waals surface area contributed by atoms with Gasteiger partial charge in [0.05, 0.1) is 30.1 Å². The van der Waals surface area contributed by atoms with Gasteiger partial charge >= 0.3 is 0 Å². The molecule has 2 heterocycles. The monoisotopic (exact) mass is 404 g/mol. The number of amides is 3. The van der Waals surface area contributed by atoms with Gasteiger partial charge in [-0.05, 0) is 42.3 Å². The Bertz CT molecular complexity index is 1130. The second-order valence-corrected chi connectivity index (χ2v) is 6.98. The predicted octanol–water partition coefficient (Wildman–Crippen LogP) is 2.52. The predicted molar refractivity (Wildman–Crippen MR) is 110 cm³/mol. The lowest BCUT2D eigenvalue weighted by Gasteiger charge is -2.13. The minimum atomic E-state index is -0.389. The largest absolute Gasteiger partial charge is 0.497 e. The third kappa shape index (κ3) is 3.67. The first-order chi connectivity index (χ1) is 14.5. The van der Waals surface area contributed by atoms with Crippen LogP contribution in [0.4, 0.5) is 5.69 Å². The lowest BCUT2D eigenvalue weighted by Crippen LogP contribution is -2.31. The number of imide groups is 1. The van der Waals surface area contributed by atoms with Crippen LogP contribution in [-0.4, -0.2) is 46.1 Å². The van der Waals surface area contributed by atoms with Crippen molar-refractivity contribution < 1.29 is 19.1 Å². The van der Waals surface area contributed by atoms with Crippen molar-refractivity contribution in [3.8, 4) is 5.75 Å². The van der Waals surface area contributed by atoms with E-state index in [9.17, 15) is 14.4 Å². The maximum atomic E-state index is 12.8. The summed E-state index contributed by atoms with van der Waals surface area (Å²) in [4.78, 5) is 39.2. The highest BCUT2D eigenvalue weighted by Crippen LogP contribution is 2.25. The molecule has 8 heteroatoms. The van der Waals surface area contributed by atoms with Crippen LogP contribution in [0.1, 0.15) is 36.6 Å². The van der Waals surface area contributed by atoms with E-state index < -0.39 is 0 Å². The molecule has 0 spiro atoms. The number of aromatic nitrogens is 2. The minimum absolute atomic E-state index is 0.244. The number of fused-ring (bicyclic) bond motifs is 1. The molecule has 3 amide bonds. The maximum absolute atomic E-state index is 12.8. The first kappa shape index (κ1) is 19.4. The molecule has 1 aliphatic heterocycles. The summed E-state index contributed by atoms with van der Waals surface area (Å²) in [6, 6.07) is 12.0. The highest BCUT2D eigenvalue weighted by atomic mass is 16.5. The van der Waals surface area contributed by atoms with Gasteiger partial charge in [0.1, 0.15) is 5.75 Å². The van der Waals surface area contributed by atoms with Crippen LogP contribution in [0.5, 0.6) is 5.75 Å². The molecule has 30 heavy (non-hydrogen) atoms. The molecule has 0 radical (unpaired) electrons. The van der Waals surface area contributed by atoms with Gasteiger partial charge in [0.2, 0.25) is 0 Å². The SMILES string of the molecule is COc1ccc(CCN2C(=O)c3ccc(C(=O)Nc4cnn(C)c4)cc3C2=O)cc1. The van der Waals surface area contributed by atoms with E-state index in [1.54, 1.807) is 31.1 Å². The van der Waals surface area contributed by atoms with Crippen molar-refractivity contribution in [1.29, 1.82) is 0 Å². The number of rotatable bonds is 6. The van der Waals surface area contributed by atoms with Gasteiger partial charge in [-0.2, -0.15) is 5.10 Å². The van der Waals surface area contributed by atoms with Crippen molar-refractivity contribution in [2.24, 2.45) is 7.05 Å². The zero-order valence-corrected chi connectivity index (χ0v) is 16.6. The quantitative estimate of drug-likeness (QED) is 0.637.